The van der Waals surface area contributed by atoms with Crippen LogP contribution in [0.25, 0.3) is 0 Å². The molecule has 1 aliphatic rings. The molecule has 92 valence electrons. The first-order valence-corrected chi connectivity index (χ1v) is 5.78. The molecule has 0 aromatic carbocycles. The average Bonchev–Trinajstić information content (AvgIpc) is 3.05. The van der Waals surface area contributed by atoms with E-state index < -0.39 is 5.82 Å². The Kier molecular flexibility index (Phi) is 3.26. The van der Waals surface area contributed by atoms with Gasteiger partial charge in [-0.3, -0.25) is 4.79 Å². The molecule has 1 amide bonds. The van der Waals surface area contributed by atoms with E-state index in [0.29, 0.717) is 0 Å². The number of aromatic nitrogens is 1. The molecule has 0 bridgehead atoms. The molecular weight excluding hydrogens is 221 g/mol. The maximum Gasteiger partial charge on any atom is 0.255 e. The van der Waals surface area contributed by atoms with Gasteiger partial charge in [0.15, 0.2) is 0 Å². The highest BCUT2D eigenvalue weighted by Crippen LogP contribution is 2.33. The van der Waals surface area contributed by atoms with Crippen LogP contribution in [-0.2, 0) is 0 Å². The molecule has 0 aliphatic heterocycles. The molecule has 1 aromatic rings. The summed E-state index contributed by atoms with van der Waals surface area (Å²) in [6, 6.07) is 1.19. The molecular formula is C12H16FN3O. The number of carbonyl (C=O) groups is 1. The smallest absolute Gasteiger partial charge is 0.255 e. The number of anilines is 1. The average molecular weight is 237 g/mol. The van der Waals surface area contributed by atoms with Crippen LogP contribution in [0.15, 0.2) is 12.3 Å². The molecule has 3 N–H and O–H groups in total. The van der Waals surface area contributed by atoms with E-state index in [1.165, 1.54) is 12.8 Å². The van der Waals surface area contributed by atoms with Gasteiger partial charge in [0.2, 0.25) is 0 Å². The summed E-state index contributed by atoms with van der Waals surface area (Å²) in [4.78, 5) is 15.5. The van der Waals surface area contributed by atoms with Crippen LogP contribution in [0.1, 0.15) is 36.5 Å². The molecule has 1 aliphatic carbocycles. The fourth-order valence-corrected chi connectivity index (χ4v) is 1.85. The van der Waals surface area contributed by atoms with Gasteiger partial charge in [0.1, 0.15) is 11.6 Å². The molecule has 1 heterocycles. The lowest BCUT2D eigenvalue weighted by atomic mass is 10.1. The topological polar surface area (TPSA) is 68.0 Å². The Morgan fingerprint density at radius 2 is 2.41 bits per heavy atom. The number of nitrogens with one attached hydrogen (secondary N) is 1. The van der Waals surface area contributed by atoms with Gasteiger partial charge in [-0.05, 0) is 25.3 Å². The summed E-state index contributed by atoms with van der Waals surface area (Å²) >= 11 is 0. The van der Waals surface area contributed by atoms with E-state index in [2.05, 4.69) is 10.3 Å². The molecule has 1 unspecified atom stereocenters. The minimum Gasteiger partial charge on any atom is -0.383 e. The fraction of sp³-hybridized carbons (Fsp3) is 0.500. The molecule has 2 rings (SSSR count). The van der Waals surface area contributed by atoms with E-state index in [0.717, 1.165) is 24.6 Å². The molecule has 4 nitrogen and oxygen atoms in total. The van der Waals surface area contributed by atoms with Gasteiger partial charge in [0.25, 0.3) is 5.91 Å². The number of nitrogens with zero attached hydrogens (tertiary/aromatic N) is 1. The summed E-state index contributed by atoms with van der Waals surface area (Å²) in [7, 11) is 0. The van der Waals surface area contributed by atoms with Crippen LogP contribution in [0.2, 0.25) is 0 Å². The molecule has 1 saturated carbocycles. The van der Waals surface area contributed by atoms with Crippen LogP contribution >= 0.6 is 0 Å². The van der Waals surface area contributed by atoms with Crippen molar-refractivity contribution >= 4 is 11.7 Å². The third kappa shape index (κ3) is 3.15. The highest BCUT2D eigenvalue weighted by Gasteiger charge is 2.24. The van der Waals surface area contributed by atoms with E-state index in [9.17, 15) is 9.18 Å². The van der Waals surface area contributed by atoms with E-state index in [-0.39, 0.29) is 23.3 Å². The number of hydrogen-bond donors (Lipinski definition) is 2. The summed E-state index contributed by atoms with van der Waals surface area (Å²) in [5, 5.41) is 2.81. The Balaban J connectivity index is 2.00. The standard InChI is InChI=1S/C12H16FN3O/c1-7(4-8-2-3-8)16-12(17)10-5-9(13)6-15-11(10)14/h5-8H,2-4H2,1H3,(H2,14,15)(H,16,17). The number of hydrogen-bond acceptors (Lipinski definition) is 3. The Hall–Kier alpha value is -1.65. The SMILES string of the molecule is CC(CC1CC1)NC(=O)c1cc(F)cnc1N. The summed E-state index contributed by atoms with van der Waals surface area (Å²) in [6.45, 7) is 1.94. The van der Waals surface area contributed by atoms with Crippen molar-refractivity contribution in [2.45, 2.75) is 32.2 Å². The third-order valence-electron chi connectivity index (χ3n) is 2.89. The predicted octanol–water partition coefficient (Wildman–Crippen LogP) is 1.72. The number of carbonyl (C=O) groups excluding carboxylic acids is 1. The number of amides is 1. The zero-order chi connectivity index (χ0) is 12.4. The van der Waals surface area contributed by atoms with Gasteiger partial charge in [-0.25, -0.2) is 9.37 Å². The van der Waals surface area contributed by atoms with Crippen molar-refractivity contribution < 1.29 is 9.18 Å². The Bertz CT molecular complexity index is 432. The van der Waals surface area contributed by atoms with Crippen molar-refractivity contribution in [1.29, 1.82) is 0 Å². The second-order valence-corrected chi connectivity index (χ2v) is 4.64. The fourth-order valence-electron chi connectivity index (χ4n) is 1.85. The number of nitrogen functional groups attached to an aromatic ring is 1. The third-order valence-corrected chi connectivity index (χ3v) is 2.89. The zero-order valence-electron chi connectivity index (χ0n) is 9.74. The molecule has 5 heteroatoms. The Labute approximate surface area is 99.4 Å². The summed E-state index contributed by atoms with van der Waals surface area (Å²) in [6.07, 6.45) is 4.45. The summed E-state index contributed by atoms with van der Waals surface area (Å²) < 4.78 is 13.0. The summed E-state index contributed by atoms with van der Waals surface area (Å²) in [5.74, 6) is -0.127. The van der Waals surface area contributed by atoms with Gasteiger partial charge in [-0.2, -0.15) is 0 Å². The highest BCUT2D eigenvalue weighted by molar-refractivity contribution is 5.98. The van der Waals surface area contributed by atoms with E-state index in [1.54, 1.807) is 0 Å². The van der Waals surface area contributed by atoms with Crippen LogP contribution in [0.4, 0.5) is 10.2 Å². The van der Waals surface area contributed by atoms with E-state index in [1.807, 2.05) is 6.92 Å². The van der Waals surface area contributed by atoms with Crippen LogP contribution < -0.4 is 11.1 Å². The number of halogens is 1. The van der Waals surface area contributed by atoms with Crippen molar-refractivity contribution in [3.63, 3.8) is 0 Å². The first kappa shape index (κ1) is 11.8. The van der Waals surface area contributed by atoms with Crippen LogP contribution in [0.5, 0.6) is 0 Å². The number of rotatable bonds is 4. The minimum absolute atomic E-state index is 0.0579. The van der Waals surface area contributed by atoms with Crippen LogP contribution in [0.3, 0.4) is 0 Å². The molecule has 1 atom stereocenters. The van der Waals surface area contributed by atoms with E-state index in [4.69, 9.17) is 5.73 Å². The monoisotopic (exact) mass is 237 g/mol. The first-order valence-electron chi connectivity index (χ1n) is 5.78. The van der Waals surface area contributed by atoms with Gasteiger partial charge in [-0.15, -0.1) is 0 Å². The molecule has 1 aromatic heterocycles. The second-order valence-electron chi connectivity index (χ2n) is 4.64. The molecule has 17 heavy (non-hydrogen) atoms. The summed E-state index contributed by atoms with van der Waals surface area (Å²) in [5.41, 5.74) is 5.65. The van der Waals surface area contributed by atoms with Crippen LogP contribution in [-0.4, -0.2) is 16.9 Å². The minimum atomic E-state index is -0.556. The Morgan fingerprint density at radius 3 is 3.06 bits per heavy atom. The normalized spacial score (nSPS) is 16.6. The van der Waals surface area contributed by atoms with Gasteiger partial charge in [-0.1, -0.05) is 12.8 Å². The van der Waals surface area contributed by atoms with Gasteiger partial charge in [0, 0.05) is 6.04 Å². The molecule has 0 radical (unpaired) electrons. The lowest BCUT2D eigenvalue weighted by Crippen LogP contribution is -2.33. The van der Waals surface area contributed by atoms with Crippen molar-refractivity contribution in [1.82, 2.24) is 10.3 Å². The van der Waals surface area contributed by atoms with Gasteiger partial charge < -0.3 is 11.1 Å². The van der Waals surface area contributed by atoms with Crippen molar-refractivity contribution in [3.05, 3.63) is 23.6 Å². The lowest BCUT2D eigenvalue weighted by molar-refractivity contribution is 0.0937. The van der Waals surface area contributed by atoms with Crippen LogP contribution in [0, 0.1) is 11.7 Å². The number of pyridine rings is 1. The lowest BCUT2D eigenvalue weighted by Gasteiger charge is -2.13. The quantitative estimate of drug-likeness (QED) is 0.837. The molecule has 1 fully saturated rings. The Morgan fingerprint density at radius 1 is 1.71 bits per heavy atom. The predicted molar refractivity (Wildman–Crippen MR) is 62.9 cm³/mol. The van der Waals surface area contributed by atoms with Crippen molar-refractivity contribution in [2.24, 2.45) is 5.92 Å². The van der Waals surface area contributed by atoms with Crippen molar-refractivity contribution in [2.75, 3.05) is 5.73 Å². The zero-order valence-corrected chi connectivity index (χ0v) is 9.74. The largest absolute Gasteiger partial charge is 0.383 e. The molecule has 0 spiro atoms. The van der Waals surface area contributed by atoms with E-state index >= 15 is 0 Å². The maximum absolute atomic E-state index is 13.0. The van der Waals surface area contributed by atoms with Gasteiger partial charge in [0.05, 0.1) is 11.8 Å². The van der Waals surface area contributed by atoms with Crippen molar-refractivity contribution in [3.8, 4) is 0 Å². The first-order chi connectivity index (χ1) is 8.06. The second kappa shape index (κ2) is 4.69. The molecule has 0 saturated heterocycles. The maximum atomic E-state index is 13.0. The number of nitrogens with two attached hydrogens (primary N) is 1. The van der Waals surface area contributed by atoms with Gasteiger partial charge >= 0.3 is 0 Å². The highest BCUT2D eigenvalue weighted by atomic mass is 19.1.